The molecule has 51 heavy (non-hydrogen) atoms. The van der Waals surface area contributed by atoms with Gasteiger partial charge in [-0.2, -0.15) is 0 Å². The van der Waals surface area contributed by atoms with Gasteiger partial charge in [0.1, 0.15) is 17.6 Å². The van der Waals surface area contributed by atoms with Crippen molar-refractivity contribution in [2.45, 2.75) is 127 Å². The fourth-order valence-corrected chi connectivity index (χ4v) is 8.50. The highest BCUT2D eigenvalue weighted by atomic mass is 32.2. The van der Waals surface area contributed by atoms with Gasteiger partial charge in [0.2, 0.25) is 27.7 Å². The van der Waals surface area contributed by atoms with Crippen molar-refractivity contribution in [3.63, 3.8) is 0 Å². The van der Waals surface area contributed by atoms with Gasteiger partial charge in [-0.15, -0.1) is 6.58 Å². The van der Waals surface area contributed by atoms with Crippen molar-refractivity contribution in [2.24, 2.45) is 11.3 Å². The van der Waals surface area contributed by atoms with E-state index in [9.17, 15) is 32.4 Å². The lowest BCUT2D eigenvalue weighted by Gasteiger charge is -2.35. The van der Waals surface area contributed by atoms with E-state index in [1.165, 1.54) is 16.5 Å². The van der Waals surface area contributed by atoms with Crippen LogP contribution in [0.2, 0.25) is 0 Å². The van der Waals surface area contributed by atoms with E-state index >= 15 is 0 Å². The van der Waals surface area contributed by atoms with E-state index in [1.54, 1.807) is 20.8 Å². The van der Waals surface area contributed by atoms with Crippen LogP contribution in [0.5, 0.6) is 0 Å². The molecule has 14 heteroatoms. The second-order valence-electron chi connectivity index (χ2n) is 15.6. The molecule has 2 aliphatic carbocycles. The van der Waals surface area contributed by atoms with Crippen LogP contribution in [0, 0.1) is 11.3 Å². The Labute approximate surface area is 301 Å². The van der Waals surface area contributed by atoms with Gasteiger partial charge in [-0.1, -0.05) is 70.4 Å². The second kappa shape index (κ2) is 15.7. The molecule has 1 saturated heterocycles. The Balaban J connectivity index is 1.38. The van der Waals surface area contributed by atoms with E-state index in [0.717, 1.165) is 37.7 Å². The zero-order chi connectivity index (χ0) is 37.0. The predicted molar refractivity (Wildman–Crippen MR) is 191 cm³/mol. The number of carbonyl (C=O) groups is 5. The quantitative estimate of drug-likeness (QED) is 0.323. The molecule has 2 aliphatic heterocycles. The van der Waals surface area contributed by atoms with Crippen LogP contribution < -0.4 is 20.7 Å². The van der Waals surface area contributed by atoms with Gasteiger partial charge in [0.15, 0.2) is 0 Å². The maximum Gasteiger partial charge on any atom is 0.407 e. The van der Waals surface area contributed by atoms with Crippen LogP contribution in [0.15, 0.2) is 36.9 Å². The van der Waals surface area contributed by atoms with Crippen LogP contribution in [-0.2, 0) is 46.8 Å². The van der Waals surface area contributed by atoms with Crippen molar-refractivity contribution in [3.8, 4) is 0 Å². The lowest BCUT2D eigenvalue weighted by molar-refractivity contribution is -0.142. The van der Waals surface area contributed by atoms with Gasteiger partial charge in [-0.3, -0.25) is 23.9 Å². The molecule has 0 aromatic heterocycles. The third kappa shape index (κ3) is 9.49. The first kappa shape index (κ1) is 38.3. The number of hydrogen-bond donors (Lipinski definition) is 4. The summed E-state index contributed by atoms with van der Waals surface area (Å²) in [4.78, 5) is 69.4. The normalized spacial score (nSPS) is 28.5. The van der Waals surface area contributed by atoms with E-state index in [0.29, 0.717) is 25.7 Å². The highest BCUT2D eigenvalue weighted by molar-refractivity contribution is 7.91. The monoisotopic (exact) mass is 727 g/mol. The van der Waals surface area contributed by atoms with E-state index in [-0.39, 0.29) is 38.3 Å². The van der Waals surface area contributed by atoms with Crippen LogP contribution in [0.25, 0.3) is 0 Å². The minimum Gasteiger partial charge on any atom is -0.450 e. The number of nitrogens with zero attached hydrogens (tertiary/aromatic N) is 1. The number of carbonyl (C=O) groups excluding carboxylic acids is 5. The van der Waals surface area contributed by atoms with Crippen molar-refractivity contribution < 1.29 is 37.1 Å². The zero-order valence-electron chi connectivity index (χ0n) is 30.0. The van der Waals surface area contributed by atoms with Gasteiger partial charge in [0, 0.05) is 24.9 Å². The van der Waals surface area contributed by atoms with Crippen molar-refractivity contribution in [2.75, 3.05) is 13.2 Å². The molecule has 1 aromatic rings. The first-order chi connectivity index (χ1) is 24.1. The summed E-state index contributed by atoms with van der Waals surface area (Å²) in [6.07, 6.45) is 8.15. The highest BCUT2D eigenvalue weighted by Crippen LogP contribution is 2.45. The summed E-state index contributed by atoms with van der Waals surface area (Å²) in [6, 6.07) is 5.30. The number of rotatable bonds is 6. The van der Waals surface area contributed by atoms with E-state index in [2.05, 4.69) is 33.3 Å². The zero-order valence-corrected chi connectivity index (χ0v) is 30.8. The summed E-state index contributed by atoms with van der Waals surface area (Å²) in [5.74, 6) is -2.79. The highest BCUT2D eigenvalue weighted by Gasteiger charge is 2.62. The molecular weight excluding hydrogens is 675 g/mol. The molecule has 4 aliphatic rings. The van der Waals surface area contributed by atoms with Gasteiger partial charge in [-0.25, -0.2) is 13.2 Å². The number of hydrogen-bond acceptors (Lipinski definition) is 8. The number of nitrogens with one attached hydrogen (secondary N) is 4. The molecule has 2 saturated carbocycles. The summed E-state index contributed by atoms with van der Waals surface area (Å²) in [7, 11) is -3.89. The topological polar surface area (TPSA) is 180 Å². The Bertz CT molecular complexity index is 1620. The maximum atomic E-state index is 14.3. The molecule has 3 fully saturated rings. The number of amides is 5. The van der Waals surface area contributed by atoms with Gasteiger partial charge >= 0.3 is 6.09 Å². The molecule has 0 radical (unpaired) electrons. The first-order valence-corrected chi connectivity index (χ1v) is 19.8. The second-order valence-corrected chi connectivity index (χ2v) is 17.5. The first-order valence-electron chi connectivity index (χ1n) is 18.2. The lowest BCUT2D eigenvalue weighted by atomic mass is 9.85. The Morgan fingerprint density at radius 2 is 1.65 bits per heavy atom. The number of cyclic esters (lactones) is 1. The summed E-state index contributed by atoms with van der Waals surface area (Å²) >= 11 is 0. The van der Waals surface area contributed by atoms with Crippen molar-refractivity contribution in [1.82, 2.24) is 25.6 Å². The van der Waals surface area contributed by atoms with Gasteiger partial charge in [0.05, 0.1) is 11.9 Å². The summed E-state index contributed by atoms with van der Waals surface area (Å²) in [6.45, 7) is 9.31. The fourth-order valence-electron chi connectivity index (χ4n) is 7.13. The standard InChI is InChI=1S/C37H53N5O8S/c1-5-26-22-37(26,34(46)41-51(48,49)28-17-18-28)40-32(44)29-21-27-23-42(29)33(45)31(36(2,3)4)39-35(47)50-20-12-8-6-7-9-13-24-14-10-11-15-25(24)16-19-30(43)38-27/h5,10-11,14-15,26-29,31H,1,6-9,12-13,16-23H2,2-4H3,(H,38,43)(H,39,47)(H,40,44)(H,41,46)/t26-,27+,29-,31+,37+/m0/s1. The molecule has 2 bridgehead atoms. The number of fused-ring (bicyclic) bond motifs is 3. The average Bonchev–Trinajstić information content (AvgIpc) is 4.00. The molecule has 4 N–H and O–H groups in total. The summed E-state index contributed by atoms with van der Waals surface area (Å²) in [5.41, 5.74) is -0.0136. The minimum absolute atomic E-state index is 0.0112. The van der Waals surface area contributed by atoms with E-state index < -0.39 is 74.1 Å². The number of aryl methyl sites for hydroxylation is 2. The van der Waals surface area contributed by atoms with Crippen molar-refractivity contribution in [3.05, 3.63) is 48.0 Å². The molecule has 0 unspecified atom stereocenters. The van der Waals surface area contributed by atoms with Crippen LogP contribution >= 0.6 is 0 Å². The van der Waals surface area contributed by atoms with Gasteiger partial charge in [0.25, 0.3) is 5.91 Å². The lowest BCUT2D eigenvalue weighted by Crippen LogP contribution is -2.60. The van der Waals surface area contributed by atoms with E-state index in [4.69, 9.17) is 4.74 Å². The fraction of sp³-hybridized carbons (Fsp3) is 0.649. The molecule has 2 heterocycles. The number of alkyl carbamates (subject to hydrolysis) is 1. The molecular formula is C37H53N5O8S. The number of benzene rings is 1. The molecule has 1 aromatic carbocycles. The molecule has 280 valence electrons. The molecule has 5 amide bonds. The summed E-state index contributed by atoms with van der Waals surface area (Å²) in [5, 5.41) is 7.86. The molecule has 5 rings (SSSR count). The number of ether oxygens (including phenoxy) is 1. The van der Waals surface area contributed by atoms with Crippen LogP contribution in [-0.4, -0.2) is 85.1 Å². The predicted octanol–water partition coefficient (Wildman–Crippen LogP) is 3.02. The largest absolute Gasteiger partial charge is 0.450 e. The Morgan fingerprint density at radius 1 is 0.980 bits per heavy atom. The number of sulfonamides is 1. The van der Waals surface area contributed by atoms with Crippen molar-refractivity contribution >= 4 is 39.7 Å². The van der Waals surface area contributed by atoms with Crippen LogP contribution in [0.4, 0.5) is 4.79 Å². The minimum atomic E-state index is -3.89. The van der Waals surface area contributed by atoms with Crippen molar-refractivity contribution in [1.29, 1.82) is 0 Å². The smallest absolute Gasteiger partial charge is 0.407 e. The van der Waals surface area contributed by atoms with E-state index in [1.807, 2.05) is 18.2 Å². The Kier molecular flexibility index (Phi) is 11.8. The van der Waals surface area contributed by atoms with Gasteiger partial charge in [-0.05, 0) is 67.9 Å². The maximum absolute atomic E-state index is 14.3. The average molecular weight is 728 g/mol. The van der Waals surface area contributed by atoms with Gasteiger partial charge < -0.3 is 25.6 Å². The Hall–Kier alpha value is -3.94. The van der Waals surface area contributed by atoms with Crippen LogP contribution in [0.3, 0.4) is 0 Å². The third-order valence-corrected chi connectivity index (χ3v) is 12.3. The Morgan fingerprint density at radius 3 is 2.29 bits per heavy atom. The molecule has 0 spiro atoms. The SMILES string of the molecule is C=C[C@H]1C[C@]1(NC(=O)[C@@H]1C[C@@H]2CN1C(=O)[C@H](C(C)(C)C)NC(=O)OCCCCCCCc1ccccc1CCC(=O)N2)C(=O)NS(=O)(=O)C1CC1. The third-order valence-electron chi connectivity index (χ3n) is 10.4. The molecule has 13 nitrogen and oxygen atoms in total. The molecule has 5 atom stereocenters. The van der Waals surface area contributed by atoms with Crippen LogP contribution in [0.1, 0.15) is 96.1 Å². The summed E-state index contributed by atoms with van der Waals surface area (Å²) < 4.78 is 32.9.